The van der Waals surface area contributed by atoms with E-state index >= 15 is 0 Å². The highest BCUT2D eigenvalue weighted by Gasteiger charge is 2.21. The lowest BCUT2D eigenvalue weighted by Crippen LogP contribution is -2.32. The minimum atomic E-state index is -0.158. The Morgan fingerprint density at radius 2 is 2.04 bits per heavy atom. The molecule has 1 atom stereocenters. The second-order valence-electron chi connectivity index (χ2n) is 7.43. The van der Waals surface area contributed by atoms with Gasteiger partial charge in [-0.05, 0) is 42.5 Å². The molecule has 0 radical (unpaired) electrons. The third-order valence-corrected chi connectivity index (χ3v) is 4.47. The van der Waals surface area contributed by atoms with Crippen molar-refractivity contribution in [3.8, 4) is 0 Å². The van der Waals surface area contributed by atoms with Gasteiger partial charge in [0.1, 0.15) is 0 Å². The predicted octanol–water partition coefficient (Wildman–Crippen LogP) is 3.78. The number of hydrogen-bond donors (Lipinski definition) is 2. The second-order valence-corrected chi connectivity index (χ2v) is 7.43. The molecule has 0 aliphatic carbocycles. The molecule has 1 aromatic heterocycles. The zero-order valence-electron chi connectivity index (χ0n) is 15.1. The Hall–Kier alpha value is -1.85. The van der Waals surface area contributed by atoms with Crippen LogP contribution >= 0.6 is 12.4 Å². The molecule has 5 nitrogen and oxygen atoms in total. The Morgan fingerprint density at radius 1 is 1.28 bits per heavy atom. The lowest BCUT2D eigenvalue weighted by atomic mass is 9.86. The van der Waals surface area contributed by atoms with Crippen molar-refractivity contribution in [2.45, 2.75) is 45.1 Å². The molecule has 1 aliphatic heterocycles. The molecule has 2 N–H and O–H groups in total. The highest BCUT2D eigenvalue weighted by molar-refractivity contribution is 6.03. The van der Waals surface area contributed by atoms with Crippen molar-refractivity contribution in [3.05, 3.63) is 47.8 Å². The smallest absolute Gasteiger partial charge is 0.276 e. The first-order valence-corrected chi connectivity index (χ1v) is 8.62. The fourth-order valence-electron chi connectivity index (χ4n) is 3.15. The molecule has 1 saturated heterocycles. The van der Waals surface area contributed by atoms with E-state index in [1.54, 1.807) is 6.07 Å². The minimum absolute atomic E-state index is 0. The number of benzene rings is 1. The number of carbonyl (C=O) groups excluding carboxylic acids is 1. The van der Waals surface area contributed by atoms with Gasteiger partial charge in [-0.2, -0.15) is 5.10 Å². The van der Waals surface area contributed by atoms with Crippen LogP contribution in [-0.2, 0) is 5.41 Å². The molecule has 3 rings (SSSR count). The monoisotopic (exact) mass is 362 g/mol. The number of hydrogen-bond acceptors (Lipinski definition) is 3. The molecule has 136 valence electrons. The van der Waals surface area contributed by atoms with Gasteiger partial charge in [0.2, 0.25) is 0 Å². The zero-order chi connectivity index (χ0) is 17.2. The molecule has 1 aromatic carbocycles. The van der Waals surface area contributed by atoms with Crippen LogP contribution in [0.5, 0.6) is 0 Å². The summed E-state index contributed by atoms with van der Waals surface area (Å²) in [6.07, 6.45) is 4.15. The van der Waals surface area contributed by atoms with Gasteiger partial charge in [0.05, 0.1) is 6.04 Å². The van der Waals surface area contributed by atoms with E-state index in [0.717, 1.165) is 37.2 Å². The summed E-state index contributed by atoms with van der Waals surface area (Å²) in [7, 11) is 0. The van der Waals surface area contributed by atoms with Crippen molar-refractivity contribution in [3.63, 3.8) is 0 Å². The molecular weight excluding hydrogens is 336 g/mol. The first-order valence-electron chi connectivity index (χ1n) is 8.62. The number of piperidine rings is 1. The van der Waals surface area contributed by atoms with Gasteiger partial charge in [-0.25, -0.2) is 0 Å². The average molecular weight is 363 g/mol. The highest BCUT2D eigenvalue weighted by atomic mass is 35.5. The predicted molar refractivity (Wildman–Crippen MR) is 104 cm³/mol. The average Bonchev–Trinajstić information content (AvgIpc) is 3.05. The van der Waals surface area contributed by atoms with Crippen LogP contribution in [0, 0.1) is 0 Å². The minimum Gasteiger partial charge on any atom is -0.320 e. The number of nitrogens with zero attached hydrogens (tertiary/aromatic N) is 2. The van der Waals surface area contributed by atoms with Crippen LogP contribution in [-0.4, -0.2) is 28.8 Å². The standard InChI is InChI=1S/C19H26N4O.ClH/c1-19(2,3)15-8-4-5-9-16(15)21-18(24)17-10-12-23(22-17)14-7-6-11-20-13-14;/h4-5,8-10,12,14,20H,6-7,11,13H2,1-3H3,(H,21,24);1H. The Morgan fingerprint density at radius 3 is 2.72 bits per heavy atom. The number of halogens is 1. The quantitative estimate of drug-likeness (QED) is 0.873. The van der Waals surface area contributed by atoms with Gasteiger partial charge in [0.25, 0.3) is 5.91 Å². The molecular formula is C19H27ClN4O. The van der Waals surface area contributed by atoms with Crippen LogP contribution in [0.3, 0.4) is 0 Å². The normalized spacial score (nSPS) is 17.6. The number of rotatable bonds is 3. The summed E-state index contributed by atoms with van der Waals surface area (Å²) in [5.41, 5.74) is 2.40. The van der Waals surface area contributed by atoms with Crippen molar-refractivity contribution in [1.82, 2.24) is 15.1 Å². The van der Waals surface area contributed by atoms with Gasteiger partial charge < -0.3 is 10.6 Å². The fourth-order valence-corrected chi connectivity index (χ4v) is 3.15. The Bertz CT molecular complexity index is 714. The van der Waals surface area contributed by atoms with E-state index in [2.05, 4.69) is 42.6 Å². The first kappa shape index (κ1) is 19.5. The summed E-state index contributed by atoms with van der Waals surface area (Å²) in [4.78, 5) is 12.6. The van der Waals surface area contributed by atoms with Gasteiger partial charge in [-0.1, -0.05) is 39.0 Å². The molecule has 0 saturated carbocycles. The molecule has 6 heteroatoms. The second kappa shape index (κ2) is 8.02. The maximum Gasteiger partial charge on any atom is 0.276 e. The Balaban J connectivity index is 0.00000225. The number of aromatic nitrogens is 2. The van der Waals surface area contributed by atoms with Crippen molar-refractivity contribution >= 4 is 24.0 Å². The van der Waals surface area contributed by atoms with E-state index in [4.69, 9.17) is 0 Å². The lowest BCUT2D eigenvalue weighted by molar-refractivity contribution is 0.102. The van der Waals surface area contributed by atoms with Crippen molar-refractivity contribution in [2.24, 2.45) is 0 Å². The number of anilines is 1. The molecule has 1 amide bonds. The van der Waals surface area contributed by atoms with Gasteiger partial charge in [0, 0.05) is 18.4 Å². The number of para-hydroxylation sites is 1. The van der Waals surface area contributed by atoms with E-state index in [-0.39, 0.29) is 23.7 Å². The topological polar surface area (TPSA) is 59.0 Å². The summed E-state index contributed by atoms with van der Waals surface area (Å²) in [6.45, 7) is 8.40. The number of nitrogens with one attached hydrogen (secondary N) is 2. The summed E-state index contributed by atoms with van der Waals surface area (Å²) >= 11 is 0. The van der Waals surface area contributed by atoms with Crippen LogP contribution in [0.25, 0.3) is 0 Å². The first-order chi connectivity index (χ1) is 11.4. The molecule has 1 aliphatic rings. The molecule has 0 bridgehead atoms. The maximum atomic E-state index is 12.6. The number of carbonyl (C=O) groups is 1. The van der Waals surface area contributed by atoms with Gasteiger partial charge >= 0.3 is 0 Å². The van der Waals surface area contributed by atoms with Gasteiger partial charge in [0.15, 0.2) is 5.69 Å². The van der Waals surface area contributed by atoms with Crippen molar-refractivity contribution < 1.29 is 4.79 Å². The SMILES string of the molecule is CC(C)(C)c1ccccc1NC(=O)c1ccn(C2CCCNC2)n1.Cl. The van der Waals surface area contributed by atoms with Crippen LogP contribution < -0.4 is 10.6 Å². The lowest BCUT2D eigenvalue weighted by Gasteiger charge is -2.23. The van der Waals surface area contributed by atoms with Crippen LogP contribution in [0.1, 0.15) is 55.7 Å². The van der Waals surface area contributed by atoms with E-state index < -0.39 is 0 Å². The highest BCUT2D eigenvalue weighted by Crippen LogP contribution is 2.29. The zero-order valence-corrected chi connectivity index (χ0v) is 15.9. The third kappa shape index (κ3) is 4.61. The fraction of sp³-hybridized carbons (Fsp3) is 0.474. The molecule has 2 aromatic rings. The van der Waals surface area contributed by atoms with Gasteiger partial charge in [-0.15, -0.1) is 12.4 Å². The van der Waals surface area contributed by atoms with Crippen molar-refractivity contribution in [1.29, 1.82) is 0 Å². The molecule has 25 heavy (non-hydrogen) atoms. The van der Waals surface area contributed by atoms with Gasteiger partial charge in [-0.3, -0.25) is 9.48 Å². The molecule has 2 heterocycles. The van der Waals surface area contributed by atoms with Crippen LogP contribution in [0.15, 0.2) is 36.5 Å². The summed E-state index contributed by atoms with van der Waals surface area (Å²) in [5, 5.41) is 10.9. The van der Waals surface area contributed by atoms with Crippen LogP contribution in [0.2, 0.25) is 0 Å². The summed E-state index contributed by atoms with van der Waals surface area (Å²) in [6, 6.07) is 10.1. The van der Waals surface area contributed by atoms with E-state index in [1.807, 2.05) is 29.1 Å². The van der Waals surface area contributed by atoms with Crippen LogP contribution in [0.4, 0.5) is 5.69 Å². The maximum absolute atomic E-state index is 12.6. The van der Waals surface area contributed by atoms with E-state index in [1.165, 1.54) is 0 Å². The molecule has 1 fully saturated rings. The van der Waals surface area contributed by atoms with E-state index in [9.17, 15) is 4.79 Å². The summed E-state index contributed by atoms with van der Waals surface area (Å²) < 4.78 is 1.91. The Kier molecular flexibility index (Phi) is 6.25. The largest absolute Gasteiger partial charge is 0.320 e. The molecule has 0 spiro atoms. The Labute approximate surface area is 155 Å². The van der Waals surface area contributed by atoms with E-state index in [0.29, 0.717) is 11.7 Å². The summed E-state index contributed by atoms with van der Waals surface area (Å²) in [5.74, 6) is -0.158. The number of amides is 1. The third-order valence-electron chi connectivity index (χ3n) is 4.47. The molecule has 1 unspecified atom stereocenters. The van der Waals surface area contributed by atoms with Crippen molar-refractivity contribution in [2.75, 3.05) is 18.4 Å².